The summed E-state index contributed by atoms with van der Waals surface area (Å²) in [6, 6.07) is 8.90. The number of hydrogen-bond donors (Lipinski definition) is 3. The van der Waals surface area contributed by atoms with E-state index in [2.05, 4.69) is 10.3 Å². The van der Waals surface area contributed by atoms with Crippen molar-refractivity contribution < 1.29 is 9.90 Å². The van der Waals surface area contributed by atoms with Crippen molar-refractivity contribution in [1.29, 1.82) is 0 Å². The van der Waals surface area contributed by atoms with Crippen LogP contribution in [0.3, 0.4) is 0 Å². The molecule has 1 aliphatic carbocycles. The molecule has 2 aromatic heterocycles. The van der Waals surface area contributed by atoms with E-state index in [1.807, 2.05) is 6.07 Å². The molecule has 0 spiro atoms. The molecule has 1 aliphatic rings. The van der Waals surface area contributed by atoms with Gasteiger partial charge in [-0.15, -0.1) is 11.3 Å². The molecule has 0 fully saturated rings. The Morgan fingerprint density at radius 2 is 1.88 bits per heavy atom. The number of carbonyl (C=O) groups is 1. The molecule has 6 heteroatoms. The van der Waals surface area contributed by atoms with Gasteiger partial charge < -0.3 is 15.4 Å². The standard InChI is InChI=1S/C19H18N2O3S/c22-16-14-12-9-5-2-6-10-13(12)25-19(14)21-18(24)15(16)17(23)20-11-7-3-1-4-8-11/h1,3-4,7-8H,2,5-6,9-10H2,(H,20,23)(H2,21,22,24). The Balaban J connectivity index is 1.82. The summed E-state index contributed by atoms with van der Waals surface area (Å²) in [5.74, 6) is -0.799. The van der Waals surface area contributed by atoms with Gasteiger partial charge in [0.2, 0.25) is 0 Å². The number of para-hydroxylation sites is 1. The fraction of sp³-hybridized carbons (Fsp3) is 0.263. The molecular formula is C19H18N2O3S. The van der Waals surface area contributed by atoms with Crippen LogP contribution in [0.15, 0.2) is 35.1 Å². The molecule has 0 radical (unpaired) electrons. The lowest BCUT2D eigenvalue weighted by atomic mass is 10.0. The highest BCUT2D eigenvalue weighted by Crippen LogP contribution is 2.39. The van der Waals surface area contributed by atoms with E-state index in [0.717, 1.165) is 37.7 Å². The van der Waals surface area contributed by atoms with E-state index in [4.69, 9.17) is 0 Å². The molecule has 0 saturated heterocycles. The van der Waals surface area contributed by atoms with Crippen LogP contribution in [0.25, 0.3) is 10.2 Å². The van der Waals surface area contributed by atoms with Crippen LogP contribution >= 0.6 is 11.3 Å². The van der Waals surface area contributed by atoms with Crippen molar-refractivity contribution in [2.24, 2.45) is 0 Å². The first-order valence-corrected chi connectivity index (χ1v) is 9.22. The number of amides is 1. The van der Waals surface area contributed by atoms with Crippen LogP contribution in [0.5, 0.6) is 5.75 Å². The molecule has 2 heterocycles. The molecule has 1 aromatic carbocycles. The Morgan fingerprint density at radius 1 is 1.12 bits per heavy atom. The summed E-state index contributed by atoms with van der Waals surface area (Å²) in [4.78, 5) is 29.6. The first-order chi connectivity index (χ1) is 12.1. The van der Waals surface area contributed by atoms with Gasteiger partial charge in [0.1, 0.15) is 16.1 Å². The SMILES string of the molecule is O=C(Nc1ccccc1)c1c(O)c2c3c(sc2[nH]c1=O)CCCCC3. The third-order valence-corrected chi connectivity index (χ3v) is 5.81. The molecule has 128 valence electrons. The maximum atomic E-state index is 12.6. The molecule has 0 saturated carbocycles. The third-order valence-electron chi connectivity index (χ3n) is 4.61. The number of anilines is 1. The van der Waals surface area contributed by atoms with Crippen molar-refractivity contribution in [3.8, 4) is 5.75 Å². The highest BCUT2D eigenvalue weighted by atomic mass is 32.1. The normalized spacial score (nSPS) is 14.1. The van der Waals surface area contributed by atoms with Gasteiger partial charge in [-0.2, -0.15) is 0 Å². The molecule has 3 N–H and O–H groups in total. The number of aromatic nitrogens is 1. The zero-order chi connectivity index (χ0) is 17.4. The zero-order valence-corrected chi connectivity index (χ0v) is 14.4. The van der Waals surface area contributed by atoms with Crippen molar-refractivity contribution in [2.45, 2.75) is 32.1 Å². The molecule has 5 nitrogen and oxygen atoms in total. The van der Waals surface area contributed by atoms with Gasteiger partial charge in [0, 0.05) is 10.6 Å². The van der Waals surface area contributed by atoms with E-state index in [9.17, 15) is 14.7 Å². The van der Waals surface area contributed by atoms with Gasteiger partial charge in [-0.05, 0) is 43.4 Å². The molecule has 0 bridgehead atoms. The Kier molecular flexibility index (Phi) is 4.05. The molecule has 0 unspecified atom stereocenters. The van der Waals surface area contributed by atoms with Gasteiger partial charge in [-0.3, -0.25) is 9.59 Å². The summed E-state index contributed by atoms with van der Waals surface area (Å²) < 4.78 is 0. The number of aromatic amines is 1. The molecule has 0 aliphatic heterocycles. The van der Waals surface area contributed by atoms with E-state index in [1.54, 1.807) is 24.3 Å². The average Bonchev–Trinajstić information content (AvgIpc) is 2.77. The predicted octanol–water partition coefficient (Wildman–Crippen LogP) is 3.82. The fourth-order valence-electron chi connectivity index (χ4n) is 3.41. The molecular weight excluding hydrogens is 336 g/mol. The van der Waals surface area contributed by atoms with Crippen LogP contribution in [-0.4, -0.2) is 16.0 Å². The van der Waals surface area contributed by atoms with Crippen molar-refractivity contribution in [2.75, 3.05) is 5.32 Å². The molecule has 1 amide bonds. The zero-order valence-electron chi connectivity index (χ0n) is 13.6. The van der Waals surface area contributed by atoms with Crippen LogP contribution in [-0.2, 0) is 12.8 Å². The van der Waals surface area contributed by atoms with E-state index in [-0.39, 0.29) is 11.3 Å². The number of carbonyl (C=O) groups excluding carboxylic acids is 1. The van der Waals surface area contributed by atoms with Crippen LogP contribution in [0, 0.1) is 0 Å². The van der Waals surface area contributed by atoms with Gasteiger partial charge in [-0.25, -0.2) is 0 Å². The number of nitrogens with one attached hydrogen (secondary N) is 2. The number of hydrogen-bond acceptors (Lipinski definition) is 4. The van der Waals surface area contributed by atoms with E-state index < -0.39 is 11.5 Å². The average molecular weight is 354 g/mol. The predicted molar refractivity (Wildman–Crippen MR) is 99.8 cm³/mol. The first kappa shape index (κ1) is 15.9. The number of aromatic hydroxyl groups is 1. The number of fused-ring (bicyclic) bond motifs is 3. The molecule has 25 heavy (non-hydrogen) atoms. The highest BCUT2D eigenvalue weighted by molar-refractivity contribution is 7.18. The number of thiophene rings is 1. The summed E-state index contributed by atoms with van der Waals surface area (Å²) in [6.07, 6.45) is 5.17. The summed E-state index contributed by atoms with van der Waals surface area (Å²) in [6.45, 7) is 0. The number of benzene rings is 1. The quantitative estimate of drug-likeness (QED) is 0.612. The van der Waals surface area contributed by atoms with Gasteiger partial charge >= 0.3 is 0 Å². The Labute approximate surface area is 148 Å². The first-order valence-electron chi connectivity index (χ1n) is 8.41. The highest BCUT2D eigenvalue weighted by Gasteiger charge is 2.24. The second-order valence-corrected chi connectivity index (χ2v) is 7.37. The van der Waals surface area contributed by atoms with Crippen molar-refractivity contribution in [3.63, 3.8) is 0 Å². The largest absolute Gasteiger partial charge is 0.506 e. The fourth-order valence-corrected chi connectivity index (χ4v) is 4.69. The summed E-state index contributed by atoms with van der Waals surface area (Å²) >= 11 is 1.52. The monoisotopic (exact) mass is 354 g/mol. The van der Waals surface area contributed by atoms with Crippen LogP contribution in [0.2, 0.25) is 0 Å². The smallest absolute Gasteiger partial charge is 0.265 e. The summed E-state index contributed by atoms with van der Waals surface area (Å²) in [5, 5.41) is 14.1. The minimum absolute atomic E-state index is 0.202. The maximum absolute atomic E-state index is 12.6. The third kappa shape index (κ3) is 2.82. The van der Waals surface area contributed by atoms with Crippen molar-refractivity contribution >= 4 is 33.1 Å². The van der Waals surface area contributed by atoms with Crippen molar-refractivity contribution in [1.82, 2.24) is 4.98 Å². The minimum Gasteiger partial charge on any atom is -0.506 e. The van der Waals surface area contributed by atoms with E-state index in [0.29, 0.717) is 15.9 Å². The summed E-state index contributed by atoms with van der Waals surface area (Å²) in [5.41, 5.74) is 0.881. The van der Waals surface area contributed by atoms with Crippen LogP contribution in [0.1, 0.15) is 40.1 Å². The minimum atomic E-state index is -0.597. The van der Waals surface area contributed by atoms with Gasteiger partial charge in [0.15, 0.2) is 0 Å². The van der Waals surface area contributed by atoms with Gasteiger partial charge in [-0.1, -0.05) is 24.6 Å². The van der Waals surface area contributed by atoms with E-state index >= 15 is 0 Å². The number of H-pyrrole nitrogens is 1. The number of aryl methyl sites for hydroxylation is 2. The summed E-state index contributed by atoms with van der Waals surface area (Å²) in [7, 11) is 0. The lowest BCUT2D eigenvalue weighted by Crippen LogP contribution is -2.23. The maximum Gasteiger partial charge on any atom is 0.265 e. The lowest BCUT2D eigenvalue weighted by molar-refractivity contribution is 0.102. The van der Waals surface area contributed by atoms with Crippen LogP contribution < -0.4 is 10.9 Å². The number of pyridine rings is 1. The van der Waals surface area contributed by atoms with E-state index in [1.165, 1.54) is 16.2 Å². The topological polar surface area (TPSA) is 82.2 Å². The van der Waals surface area contributed by atoms with Gasteiger partial charge in [0.05, 0.1) is 5.39 Å². The number of rotatable bonds is 2. The lowest BCUT2D eigenvalue weighted by Gasteiger charge is -2.08. The molecule has 4 rings (SSSR count). The Morgan fingerprint density at radius 3 is 2.68 bits per heavy atom. The van der Waals surface area contributed by atoms with Gasteiger partial charge in [0.25, 0.3) is 11.5 Å². The Hall–Kier alpha value is -2.60. The molecule has 3 aromatic rings. The second-order valence-electron chi connectivity index (χ2n) is 6.27. The van der Waals surface area contributed by atoms with Crippen molar-refractivity contribution in [3.05, 3.63) is 56.7 Å². The Bertz CT molecular complexity index is 1000. The van der Waals surface area contributed by atoms with Crippen LogP contribution in [0.4, 0.5) is 5.69 Å². The molecule has 0 atom stereocenters. The second kappa shape index (κ2) is 6.37.